The Kier molecular flexibility index (Phi) is 5.32. The van der Waals surface area contributed by atoms with Crippen LogP contribution in [0.4, 0.5) is 5.69 Å². The van der Waals surface area contributed by atoms with Crippen LogP contribution in [-0.2, 0) is 9.59 Å². The molecule has 5 aliphatic rings. The fourth-order valence-electron chi connectivity index (χ4n) is 6.59. The highest BCUT2D eigenvalue weighted by atomic mass is 35.5. The lowest BCUT2D eigenvalue weighted by atomic mass is 9.49. The van der Waals surface area contributed by atoms with E-state index < -0.39 is 6.04 Å². The molecule has 4 bridgehead atoms. The monoisotopic (exact) mass is 446 g/mol. The molecule has 6 rings (SSSR count). The Morgan fingerprint density at radius 2 is 1.55 bits per heavy atom. The van der Waals surface area contributed by atoms with Gasteiger partial charge in [-0.3, -0.25) is 9.59 Å². The van der Waals surface area contributed by atoms with E-state index in [9.17, 15) is 9.59 Å². The number of hydrogen-bond acceptors (Lipinski definition) is 4. The van der Waals surface area contributed by atoms with E-state index in [1.165, 1.54) is 19.3 Å². The van der Waals surface area contributed by atoms with Crippen LogP contribution >= 0.6 is 11.6 Å². The third kappa shape index (κ3) is 3.88. The van der Waals surface area contributed by atoms with Crippen LogP contribution in [0.25, 0.3) is 0 Å². The second-order valence-corrected chi connectivity index (χ2v) is 10.8. The van der Waals surface area contributed by atoms with Gasteiger partial charge in [0.05, 0.1) is 10.7 Å². The molecule has 4 saturated carbocycles. The third-order valence-electron chi connectivity index (χ3n) is 7.65. The summed E-state index contributed by atoms with van der Waals surface area (Å²) in [6.07, 6.45) is 6.78. The lowest BCUT2D eigenvalue weighted by Crippen LogP contribution is -2.57. The highest BCUT2D eigenvalue weighted by Gasteiger charge is 2.55. The number of anilines is 1. The van der Waals surface area contributed by atoms with Gasteiger partial charge in [-0.25, -0.2) is 0 Å². The predicted molar refractivity (Wildman–Crippen MR) is 118 cm³/mol. The first-order valence-corrected chi connectivity index (χ1v) is 11.9. The van der Waals surface area contributed by atoms with Crippen molar-refractivity contribution in [3.05, 3.63) is 17.2 Å². The summed E-state index contributed by atoms with van der Waals surface area (Å²) in [5.74, 6) is 2.93. The second kappa shape index (κ2) is 7.88. The minimum atomic E-state index is -0.621. The molecule has 168 valence electrons. The number of hydrogen-bond donors (Lipinski definition) is 2. The molecule has 0 radical (unpaired) electrons. The number of fused-ring (bicyclic) bond motifs is 1. The van der Waals surface area contributed by atoms with E-state index in [1.807, 2.05) is 13.8 Å². The van der Waals surface area contributed by atoms with Crippen molar-refractivity contribution < 1.29 is 19.1 Å². The number of carbonyl (C=O) groups is 2. The number of nitrogens with one attached hydrogen (secondary N) is 2. The normalized spacial score (nSPS) is 31.4. The lowest BCUT2D eigenvalue weighted by molar-refractivity contribution is -0.148. The predicted octanol–water partition coefficient (Wildman–Crippen LogP) is 4.41. The van der Waals surface area contributed by atoms with Gasteiger partial charge < -0.3 is 20.1 Å². The molecule has 1 aromatic carbocycles. The first kappa shape index (κ1) is 20.9. The molecule has 1 aromatic rings. The fourth-order valence-corrected chi connectivity index (χ4v) is 6.79. The first-order valence-electron chi connectivity index (χ1n) is 11.5. The maximum absolute atomic E-state index is 13.5. The Labute approximate surface area is 188 Å². The number of amides is 2. The summed E-state index contributed by atoms with van der Waals surface area (Å²) in [5.41, 5.74) is 0.183. The molecule has 4 aliphatic carbocycles. The molecule has 7 heteroatoms. The van der Waals surface area contributed by atoms with Crippen LogP contribution in [0.15, 0.2) is 12.1 Å². The van der Waals surface area contributed by atoms with Gasteiger partial charge in [-0.15, -0.1) is 0 Å². The summed E-state index contributed by atoms with van der Waals surface area (Å²) >= 11 is 6.37. The Bertz CT molecular complexity index is 865. The van der Waals surface area contributed by atoms with E-state index in [0.29, 0.717) is 53.2 Å². The van der Waals surface area contributed by atoms with Gasteiger partial charge in [-0.05, 0) is 62.2 Å². The Morgan fingerprint density at radius 3 is 2.10 bits per heavy atom. The van der Waals surface area contributed by atoms with E-state index in [-0.39, 0.29) is 23.1 Å². The van der Waals surface area contributed by atoms with Crippen molar-refractivity contribution in [1.82, 2.24) is 5.32 Å². The van der Waals surface area contributed by atoms with Crippen molar-refractivity contribution in [2.24, 2.45) is 29.1 Å². The van der Waals surface area contributed by atoms with Gasteiger partial charge in [-0.2, -0.15) is 0 Å². The number of rotatable bonds is 5. The summed E-state index contributed by atoms with van der Waals surface area (Å²) in [7, 11) is 0. The topological polar surface area (TPSA) is 76.7 Å². The summed E-state index contributed by atoms with van der Waals surface area (Å²) in [4.78, 5) is 26.7. The molecule has 4 fully saturated rings. The highest BCUT2D eigenvalue weighted by molar-refractivity contribution is 6.34. The summed E-state index contributed by atoms with van der Waals surface area (Å²) in [6, 6.07) is 2.72. The highest BCUT2D eigenvalue weighted by Crippen LogP contribution is 2.60. The van der Waals surface area contributed by atoms with Crippen molar-refractivity contribution in [3.63, 3.8) is 0 Å². The van der Waals surface area contributed by atoms with Crippen LogP contribution in [-0.4, -0.2) is 31.1 Å². The summed E-state index contributed by atoms with van der Waals surface area (Å²) < 4.78 is 11.1. The smallest absolute Gasteiger partial charge is 0.247 e. The zero-order valence-electron chi connectivity index (χ0n) is 18.2. The molecule has 1 aliphatic heterocycles. The minimum absolute atomic E-state index is 0.0474. The van der Waals surface area contributed by atoms with Gasteiger partial charge >= 0.3 is 0 Å². The molecule has 1 atom stereocenters. The van der Waals surface area contributed by atoms with Gasteiger partial charge in [0.15, 0.2) is 11.5 Å². The number of halogens is 1. The van der Waals surface area contributed by atoms with Crippen molar-refractivity contribution in [3.8, 4) is 11.5 Å². The van der Waals surface area contributed by atoms with Crippen LogP contribution in [0.1, 0.15) is 52.4 Å². The van der Waals surface area contributed by atoms with E-state index in [2.05, 4.69) is 10.6 Å². The van der Waals surface area contributed by atoms with Crippen LogP contribution in [0.2, 0.25) is 5.02 Å². The second-order valence-electron chi connectivity index (χ2n) is 10.4. The van der Waals surface area contributed by atoms with E-state index >= 15 is 0 Å². The fraction of sp³-hybridized carbons (Fsp3) is 0.667. The van der Waals surface area contributed by atoms with Crippen molar-refractivity contribution in [2.75, 3.05) is 18.5 Å². The molecular weight excluding hydrogens is 416 g/mol. The zero-order valence-corrected chi connectivity index (χ0v) is 19.0. The number of benzene rings is 1. The minimum Gasteiger partial charge on any atom is -0.486 e. The van der Waals surface area contributed by atoms with Gasteiger partial charge in [0.2, 0.25) is 11.8 Å². The van der Waals surface area contributed by atoms with E-state index in [4.69, 9.17) is 21.1 Å². The van der Waals surface area contributed by atoms with Gasteiger partial charge in [-0.1, -0.05) is 25.4 Å². The SMILES string of the molecule is CC(C)C(NC(=O)C12CC3CC(CC(C3)C1)C2)C(=O)Nc1cc2c(cc1Cl)OCCO2. The molecule has 1 heterocycles. The lowest BCUT2D eigenvalue weighted by Gasteiger charge is -2.55. The quantitative estimate of drug-likeness (QED) is 0.702. The zero-order chi connectivity index (χ0) is 21.8. The van der Waals surface area contributed by atoms with Crippen LogP contribution in [0.5, 0.6) is 11.5 Å². The van der Waals surface area contributed by atoms with Gasteiger partial charge in [0.25, 0.3) is 0 Å². The molecule has 2 N–H and O–H groups in total. The summed E-state index contributed by atoms with van der Waals surface area (Å²) in [5, 5.41) is 6.41. The molecule has 0 spiro atoms. The molecule has 0 saturated heterocycles. The Hall–Kier alpha value is -1.95. The third-order valence-corrected chi connectivity index (χ3v) is 7.96. The van der Waals surface area contributed by atoms with Crippen molar-refractivity contribution >= 4 is 29.1 Å². The van der Waals surface area contributed by atoms with Crippen molar-refractivity contribution in [1.29, 1.82) is 0 Å². The average molecular weight is 447 g/mol. The van der Waals surface area contributed by atoms with Crippen LogP contribution < -0.4 is 20.1 Å². The van der Waals surface area contributed by atoms with Crippen molar-refractivity contribution in [2.45, 2.75) is 58.4 Å². The average Bonchev–Trinajstić information content (AvgIpc) is 2.71. The molecule has 1 unspecified atom stereocenters. The largest absolute Gasteiger partial charge is 0.486 e. The molecule has 6 nitrogen and oxygen atoms in total. The molecule has 0 aromatic heterocycles. The van der Waals surface area contributed by atoms with Gasteiger partial charge in [0, 0.05) is 17.5 Å². The standard InChI is InChI=1S/C24H31ClN2O4/c1-13(2)21(22(28)26-18-9-20-19(8-17(18)25)30-3-4-31-20)27-23(29)24-10-14-5-15(11-24)7-16(6-14)12-24/h8-9,13-16,21H,3-7,10-12H2,1-2H3,(H,26,28)(H,27,29). The Morgan fingerprint density at radius 1 is 1.00 bits per heavy atom. The van der Waals surface area contributed by atoms with Crippen LogP contribution in [0.3, 0.4) is 0 Å². The van der Waals surface area contributed by atoms with E-state index in [1.54, 1.807) is 12.1 Å². The summed E-state index contributed by atoms with van der Waals surface area (Å²) in [6.45, 7) is 4.84. The Balaban J connectivity index is 1.31. The maximum Gasteiger partial charge on any atom is 0.247 e. The number of ether oxygens (including phenoxy) is 2. The van der Waals surface area contributed by atoms with Gasteiger partial charge in [0.1, 0.15) is 19.3 Å². The number of carbonyl (C=O) groups excluding carboxylic acids is 2. The van der Waals surface area contributed by atoms with E-state index in [0.717, 1.165) is 19.3 Å². The maximum atomic E-state index is 13.5. The molecular formula is C24H31ClN2O4. The van der Waals surface area contributed by atoms with Crippen LogP contribution in [0, 0.1) is 29.1 Å². The molecule has 31 heavy (non-hydrogen) atoms. The first-order chi connectivity index (χ1) is 14.8. The molecule has 2 amide bonds.